The van der Waals surface area contributed by atoms with E-state index < -0.39 is 0 Å². The van der Waals surface area contributed by atoms with E-state index in [2.05, 4.69) is 77.4 Å². The van der Waals surface area contributed by atoms with E-state index in [1.165, 1.54) is 21.8 Å². The summed E-state index contributed by atoms with van der Waals surface area (Å²) in [5.74, 6) is 0.532. The van der Waals surface area contributed by atoms with Gasteiger partial charge in [0.25, 0.3) is 0 Å². The van der Waals surface area contributed by atoms with Gasteiger partial charge in [-0.25, -0.2) is 9.97 Å². The molecule has 46 heavy (non-hydrogen) atoms. The second-order valence-electron chi connectivity index (χ2n) is 11.3. The van der Waals surface area contributed by atoms with Crippen molar-refractivity contribution >= 4 is 43.7 Å². The second kappa shape index (κ2) is 10.3. The number of hydrogen-bond donors (Lipinski definition) is 0. The maximum absolute atomic E-state index is 10.3. The molecule has 0 N–H and O–H groups in total. The van der Waals surface area contributed by atoms with Crippen molar-refractivity contribution < 1.29 is 4.42 Å². The molecule has 3 aromatic heterocycles. The molecule has 0 aliphatic heterocycles. The zero-order chi connectivity index (χ0) is 30.6. The number of hydrogen-bond acceptors (Lipinski definition) is 4. The van der Waals surface area contributed by atoms with E-state index in [9.17, 15) is 5.26 Å². The van der Waals surface area contributed by atoms with Crippen LogP contribution >= 0.6 is 0 Å². The standard InChI is InChI=1S/C41H24N4O/c42-25-34-39(26-11-3-1-4-12-26)43-41(44-40(34)27-13-5-2-6-14-27)28-19-21-32-33-24-29(20-22-37(33)46-38(32)23-28)45-35-17-9-7-15-30(35)31-16-8-10-18-36(31)45/h1-24H. The lowest BCUT2D eigenvalue weighted by Gasteiger charge is -2.12. The van der Waals surface area contributed by atoms with E-state index in [1.54, 1.807) is 0 Å². The Balaban J connectivity index is 1.22. The van der Waals surface area contributed by atoms with Crippen LogP contribution in [0.4, 0.5) is 0 Å². The summed E-state index contributed by atoms with van der Waals surface area (Å²) < 4.78 is 8.74. The van der Waals surface area contributed by atoms with Crippen molar-refractivity contribution in [2.75, 3.05) is 0 Å². The highest BCUT2D eigenvalue weighted by atomic mass is 16.3. The van der Waals surface area contributed by atoms with Gasteiger partial charge in [-0.3, -0.25) is 0 Å². The normalized spacial score (nSPS) is 11.5. The number of furan rings is 1. The molecule has 0 atom stereocenters. The van der Waals surface area contributed by atoms with Gasteiger partial charge in [0.2, 0.25) is 0 Å². The first kappa shape index (κ1) is 25.9. The van der Waals surface area contributed by atoms with Gasteiger partial charge in [0.05, 0.1) is 22.4 Å². The monoisotopic (exact) mass is 588 g/mol. The van der Waals surface area contributed by atoms with Gasteiger partial charge in [-0.1, -0.05) is 103 Å². The molecule has 0 aliphatic carbocycles. The van der Waals surface area contributed by atoms with Gasteiger partial charge in [0, 0.05) is 43.9 Å². The molecule has 9 aromatic rings. The van der Waals surface area contributed by atoms with Gasteiger partial charge in [0.1, 0.15) is 22.8 Å². The Bertz CT molecular complexity index is 2530. The molecule has 9 rings (SSSR count). The molecule has 6 aromatic carbocycles. The summed E-state index contributed by atoms with van der Waals surface area (Å²) in [6.07, 6.45) is 0. The summed E-state index contributed by atoms with van der Waals surface area (Å²) in [6, 6.07) is 51.5. The fourth-order valence-electron chi connectivity index (χ4n) is 6.55. The number of para-hydroxylation sites is 2. The molecule has 214 valence electrons. The zero-order valence-electron chi connectivity index (χ0n) is 24.6. The first-order valence-electron chi connectivity index (χ1n) is 15.1. The van der Waals surface area contributed by atoms with Crippen molar-refractivity contribution in [1.29, 1.82) is 5.26 Å². The minimum absolute atomic E-state index is 0.448. The van der Waals surface area contributed by atoms with Crippen molar-refractivity contribution in [2.45, 2.75) is 0 Å². The van der Waals surface area contributed by atoms with Crippen LogP contribution in [0.25, 0.3) is 83.3 Å². The molecule has 0 spiro atoms. The van der Waals surface area contributed by atoms with Crippen LogP contribution in [0.2, 0.25) is 0 Å². The molecular weight excluding hydrogens is 564 g/mol. The predicted octanol–water partition coefficient (Wildman–Crippen LogP) is 10.3. The molecule has 0 unspecified atom stereocenters. The lowest BCUT2D eigenvalue weighted by Crippen LogP contribution is -2.01. The number of nitriles is 1. The summed E-state index contributed by atoms with van der Waals surface area (Å²) in [7, 11) is 0. The average Bonchev–Trinajstić information content (AvgIpc) is 3.66. The Morgan fingerprint density at radius 1 is 0.500 bits per heavy atom. The SMILES string of the molecule is N#Cc1c(-c2ccccc2)nc(-c2ccc3c(c2)oc2ccc(-n4c5ccccc5c5ccccc54)cc23)nc1-c1ccccc1. The second-order valence-corrected chi connectivity index (χ2v) is 11.3. The molecule has 0 amide bonds. The first-order chi connectivity index (χ1) is 22.8. The van der Waals surface area contributed by atoms with Crippen molar-refractivity contribution in [3.8, 4) is 45.7 Å². The maximum Gasteiger partial charge on any atom is 0.160 e. The van der Waals surface area contributed by atoms with Crippen LogP contribution in [0.3, 0.4) is 0 Å². The number of rotatable bonds is 4. The highest BCUT2D eigenvalue weighted by Gasteiger charge is 2.20. The van der Waals surface area contributed by atoms with Crippen molar-refractivity contribution in [3.63, 3.8) is 0 Å². The van der Waals surface area contributed by atoms with E-state index in [4.69, 9.17) is 14.4 Å². The summed E-state index contributed by atoms with van der Waals surface area (Å²) in [4.78, 5) is 9.92. The van der Waals surface area contributed by atoms with Gasteiger partial charge in [0.15, 0.2) is 5.82 Å². The molecule has 0 fully saturated rings. The molecule has 0 aliphatic rings. The van der Waals surface area contributed by atoms with Gasteiger partial charge < -0.3 is 8.98 Å². The van der Waals surface area contributed by atoms with Crippen molar-refractivity contribution in [1.82, 2.24) is 14.5 Å². The zero-order valence-corrected chi connectivity index (χ0v) is 24.6. The number of benzene rings is 6. The minimum Gasteiger partial charge on any atom is -0.456 e. The minimum atomic E-state index is 0.448. The van der Waals surface area contributed by atoms with Crippen LogP contribution in [0.1, 0.15) is 5.56 Å². The van der Waals surface area contributed by atoms with Gasteiger partial charge >= 0.3 is 0 Å². The summed E-state index contributed by atoms with van der Waals surface area (Å²) in [5, 5.41) is 14.8. The van der Waals surface area contributed by atoms with Gasteiger partial charge in [-0.15, -0.1) is 0 Å². The summed E-state index contributed by atoms with van der Waals surface area (Å²) in [5.41, 5.74) is 9.17. The maximum atomic E-state index is 10.3. The Morgan fingerprint density at radius 3 is 1.70 bits per heavy atom. The predicted molar refractivity (Wildman–Crippen MR) is 185 cm³/mol. The number of aromatic nitrogens is 3. The molecule has 0 radical (unpaired) electrons. The largest absolute Gasteiger partial charge is 0.456 e. The quantitative estimate of drug-likeness (QED) is 0.205. The highest BCUT2D eigenvalue weighted by Crippen LogP contribution is 2.37. The molecule has 5 heteroatoms. The molecule has 0 saturated carbocycles. The number of fused-ring (bicyclic) bond motifs is 6. The molecule has 0 saturated heterocycles. The highest BCUT2D eigenvalue weighted by molar-refractivity contribution is 6.10. The van der Waals surface area contributed by atoms with Crippen LogP contribution in [0.15, 0.2) is 150 Å². The van der Waals surface area contributed by atoms with Crippen LogP contribution in [0.5, 0.6) is 0 Å². The third-order valence-electron chi connectivity index (χ3n) is 8.67. The summed E-state index contributed by atoms with van der Waals surface area (Å²) >= 11 is 0. The lowest BCUT2D eigenvalue weighted by molar-refractivity contribution is 0.669. The third kappa shape index (κ3) is 4.02. The van der Waals surface area contributed by atoms with Crippen LogP contribution in [-0.4, -0.2) is 14.5 Å². The molecule has 5 nitrogen and oxygen atoms in total. The Morgan fingerprint density at radius 2 is 1.09 bits per heavy atom. The van der Waals surface area contributed by atoms with E-state index in [0.29, 0.717) is 22.8 Å². The third-order valence-corrected chi connectivity index (χ3v) is 8.67. The Kier molecular flexibility index (Phi) is 5.81. The van der Waals surface area contributed by atoms with E-state index in [-0.39, 0.29) is 0 Å². The van der Waals surface area contributed by atoms with Crippen LogP contribution in [0, 0.1) is 11.3 Å². The Labute approximate surface area is 264 Å². The van der Waals surface area contributed by atoms with Crippen LogP contribution in [-0.2, 0) is 0 Å². The van der Waals surface area contributed by atoms with Gasteiger partial charge in [-0.05, 0) is 42.5 Å². The summed E-state index contributed by atoms with van der Waals surface area (Å²) in [6.45, 7) is 0. The molecule has 0 bridgehead atoms. The van der Waals surface area contributed by atoms with Crippen molar-refractivity contribution in [3.05, 3.63) is 151 Å². The average molecular weight is 589 g/mol. The van der Waals surface area contributed by atoms with Crippen molar-refractivity contribution in [2.24, 2.45) is 0 Å². The fourth-order valence-corrected chi connectivity index (χ4v) is 6.55. The molecular formula is C41H24N4O. The Hall–Kier alpha value is -6.51. The smallest absolute Gasteiger partial charge is 0.160 e. The topological polar surface area (TPSA) is 67.6 Å². The van der Waals surface area contributed by atoms with E-state index >= 15 is 0 Å². The van der Waals surface area contributed by atoms with Crippen LogP contribution < -0.4 is 0 Å². The fraction of sp³-hybridized carbons (Fsp3) is 0. The molecule has 3 heterocycles. The first-order valence-corrected chi connectivity index (χ1v) is 15.1. The van der Waals surface area contributed by atoms with E-state index in [0.717, 1.165) is 44.3 Å². The van der Waals surface area contributed by atoms with E-state index in [1.807, 2.05) is 78.9 Å². The van der Waals surface area contributed by atoms with Gasteiger partial charge in [-0.2, -0.15) is 5.26 Å². The number of nitrogens with zero attached hydrogens (tertiary/aromatic N) is 4. The lowest BCUT2D eigenvalue weighted by atomic mass is 10.00.